The van der Waals surface area contributed by atoms with Gasteiger partial charge >= 0.3 is 6.09 Å². The minimum Gasteiger partial charge on any atom is -0.441 e. The number of nitroso groups, excluding NO2 is 1. The SMILES string of the molecule is Cc1ccc2c(NC(=O)OC(C)c3ccccc3)c(-c3ccc(-c4ccc(C5(C(=O)N=O)CC5)cc4)cc3)oc2n1. The van der Waals surface area contributed by atoms with E-state index >= 15 is 0 Å². The molecule has 1 atom stereocenters. The number of ether oxygens (including phenoxy) is 1. The van der Waals surface area contributed by atoms with Crippen LogP contribution in [0, 0.1) is 11.8 Å². The van der Waals surface area contributed by atoms with E-state index in [1.54, 1.807) is 0 Å². The molecule has 0 aliphatic heterocycles. The molecule has 0 spiro atoms. The molecular weight excluding hydrogens is 518 g/mol. The van der Waals surface area contributed by atoms with Gasteiger partial charge < -0.3 is 9.15 Å². The van der Waals surface area contributed by atoms with Crippen LogP contribution in [-0.4, -0.2) is 17.0 Å². The number of carbonyl (C=O) groups is 2. The van der Waals surface area contributed by atoms with Crippen molar-refractivity contribution >= 4 is 28.8 Å². The van der Waals surface area contributed by atoms with Crippen LogP contribution >= 0.6 is 0 Å². The predicted octanol–water partition coefficient (Wildman–Crippen LogP) is 8.10. The van der Waals surface area contributed by atoms with Crippen molar-refractivity contribution in [1.29, 1.82) is 0 Å². The number of hydrogen-bond acceptors (Lipinski definition) is 6. The third-order valence-corrected chi connectivity index (χ3v) is 7.63. The van der Waals surface area contributed by atoms with Gasteiger partial charge in [0.25, 0.3) is 5.91 Å². The van der Waals surface area contributed by atoms with Crippen LogP contribution in [0.25, 0.3) is 33.6 Å². The van der Waals surface area contributed by atoms with Gasteiger partial charge in [0.15, 0.2) is 5.76 Å². The highest BCUT2D eigenvalue weighted by atomic mass is 16.6. The van der Waals surface area contributed by atoms with E-state index in [1.807, 2.05) is 105 Å². The number of hydrogen-bond donors (Lipinski definition) is 1. The Morgan fingerprint density at radius 1 is 0.902 bits per heavy atom. The summed E-state index contributed by atoms with van der Waals surface area (Å²) in [5, 5.41) is 6.21. The fourth-order valence-corrected chi connectivity index (χ4v) is 5.12. The first-order valence-corrected chi connectivity index (χ1v) is 13.4. The van der Waals surface area contributed by atoms with Gasteiger partial charge in [-0.3, -0.25) is 10.1 Å². The van der Waals surface area contributed by atoms with Crippen molar-refractivity contribution < 1.29 is 18.7 Å². The first-order valence-electron chi connectivity index (χ1n) is 13.4. The molecule has 1 N–H and O–H groups in total. The van der Waals surface area contributed by atoms with Crippen molar-refractivity contribution in [3.63, 3.8) is 0 Å². The molecule has 0 saturated heterocycles. The standard InChI is InChI=1S/C33H27N3O5/c1-20-8-17-27-28(35-32(38)40-21(2)22-6-4-3-5-7-22)29(41-30(27)34-20)25-11-9-23(10-12-25)24-13-15-26(16-14-24)33(18-19-33)31(37)36-39/h3-17,21H,18-19H2,1-2H3,(H,35,38). The highest BCUT2D eigenvalue weighted by Gasteiger charge is 2.52. The molecule has 2 heterocycles. The number of amides is 2. The topological polar surface area (TPSA) is 111 Å². The Labute approximate surface area is 236 Å². The van der Waals surface area contributed by atoms with Crippen molar-refractivity contribution in [1.82, 2.24) is 4.98 Å². The molecule has 2 amide bonds. The maximum atomic E-state index is 13.0. The Morgan fingerprint density at radius 3 is 2.17 bits per heavy atom. The van der Waals surface area contributed by atoms with Crippen LogP contribution in [0.15, 0.2) is 101 Å². The monoisotopic (exact) mass is 545 g/mol. The Kier molecular flexibility index (Phi) is 6.67. The van der Waals surface area contributed by atoms with E-state index in [-0.39, 0.29) is 0 Å². The molecule has 2 aromatic heterocycles. The van der Waals surface area contributed by atoms with Crippen LogP contribution in [-0.2, 0) is 14.9 Å². The van der Waals surface area contributed by atoms with Crippen LogP contribution in [0.2, 0.25) is 0 Å². The number of aromatic nitrogens is 1. The van der Waals surface area contributed by atoms with Crippen LogP contribution in [0.4, 0.5) is 10.5 Å². The number of benzene rings is 3. The summed E-state index contributed by atoms with van der Waals surface area (Å²) in [6, 6.07) is 28.7. The van der Waals surface area contributed by atoms with Gasteiger partial charge in [0.1, 0.15) is 11.8 Å². The minimum atomic E-state index is -0.749. The maximum Gasteiger partial charge on any atom is 0.412 e. The lowest BCUT2D eigenvalue weighted by molar-refractivity contribution is -0.120. The second-order valence-corrected chi connectivity index (χ2v) is 10.3. The molecular formula is C33H27N3O5. The molecule has 1 aliphatic carbocycles. The summed E-state index contributed by atoms with van der Waals surface area (Å²) in [6.45, 7) is 3.70. The van der Waals surface area contributed by atoms with Crippen molar-refractivity contribution in [3.8, 4) is 22.5 Å². The number of anilines is 1. The molecule has 3 aromatic carbocycles. The van der Waals surface area contributed by atoms with Gasteiger partial charge in [-0.2, -0.15) is 0 Å². The van der Waals surface area contributed by atoms with E-state index in [1.165, 1.54) is 0 Å². The quantitative estimate of drug-likeness (QED) is 0.207. The van der Waals surface area contributed by atoms with Gasteiger partial charge in [-0.1, -0.05) is 78.9 Å². The lowest BCUT2D eigenvalue weighted by Gasteiger charge is -2.14. The summed E-state index contributed by atoms with van der Waals surface area (Å²) in [7, 11) is 0. The number of pyridine rings is 1. The van der Waals surface area contributed by atoms with Crippen LogP contribution in [0.3, 0.4) is 0 Å². The third-order valence-electron chi connectivity index (χ3n) is 7.63. The normalized spacial score (nSPS) is 14.3. The van der Waals surface area contributed by atoms with Gasteiger partial charge in [-0.15, -0.1) is 4.91 Å². The summed E-state index contributed by atoms with van der Waals surface area (Å²) in [6.07, 6.45) is 0.254. The molecule has 1 saturated carbocycles. The second-order valence-electron chi connectivity index (χ2n) is 10.3. The number of nitrogens with one attached hydrogen (secondary N) is 1. The molecule has 8 heteroatoms. The van der Waals surface area contributed by atoms with Gasteiger partial charge in [0.05, 0.1) is 10.8 Å². The number of carbonyl (C=O) groups excluding carboxylic acids is 2. The molecule has 1 fully saturated rings. The first-order chi connectivity index (χ1) is 19.9. The summed E-state index contributed by atoms with van der Waals surface area (Å²) < 4.78 is 11.8. The van der Waals surface area contributed by atoms with Crippen molar-refractivity contribution in [2.24, 2.45) is 5.18 Å². The summed E-state index contributed by atoms with van der Waals surface area (Å²) in [4.78, 5) is 40.3. The zero-order chi connectivity index (χ0) is 28.6. The van der Waals surface area contributed by atoms with Gasteiger partial charge in [-0.05, 0) is 61.1 Å². The van der Waals surface area contributed by atoms with E-state index in [2.05, 4.69) is 15.5 Å². The van der Waals surface area contributed by atoms with Crippen molar-refractivity contribution in [2.45, 2.75) is 38.2 Å². The van der Waals surface area contributed by atoms with E-state index in [4.69, 9.17) is 9.15 Å². The summed E-state index contributed by atoms with van der Waals surface area (Å²) >= 11 is 0. The van der Waals surface area contributed by atoms with Crippen LogP contribution in [0.5, 0.6) is 0 Å². The van der Waals surface area contributed by atoms with Gasteiger partial charge in [0, 0.05) is 16.4 Å². The summed E-state index contributed by atoms with van der Waals surface area (Å²) in [5.74, 6) is -0.132. The van der Waals surface area contributed by atoms with Crippen molar-refractivity contribution in [3.05, 3.63) is 113 Å². The molecule has 6 rings (SSSR count). The zero-order valence-electron chi connectivity index (χ0n) is 22.6. The predicted molar refractivity (Wildman–Crippen MR) is 156 cm³/mol. The van der Waals surface area contributed by atoms with Crippen LogP contribution < -0.4 is 5.32 Å². The Morgan fingerprint density at radius 2 is 1.54 bits per heavy atom. The average Bonchev–Trinajstić information content (AvgIpc) is 3.75. The van der Waals surface area contributed by atoms with Gasteiger partial charge in [0.2, 0.25) is 5.71 Å². The third kappa shape index (κ3) is 5.00. The van der Waals surface area contributed by atoms with E-state index in [0.717, 1.165) is 33.5 Å². The molecule has 41 heavy (non-hydrogen) atoms. The van der Waals surface area contributed by atoms with Crippen molar-refractivity contribution in [2.75, 3.05) is 5.32 Å². The number of fused-ring (bicyclic) bond motifs is 1. The number of rotatable bonds is 7. The number of aryl methyl sites for hydroxylation is 1. The lowest BCUT2D eigenvalue weighted by Crippen LogP contribution is -2.17. The van der Waals surface area contributed by atoms with Crippen LogP contribution in [0.1, 0.15) is 42.7 Å². The highest BCUT2D eigenvalue weighted by molar-refractivity contribution is 6.04. The molecule has 8 nitrogen and oxygen atoms in total. The molecule has 204 valence electrons. The fourth-order valence-electron chi connectivity index (χ4n) is 5.12. The molecule has 0 bridgehead atoms. The lowest BCUT2D eigenvalue weighted by atomic mass is 9.93. The second kappa shape index (κ2) is 10.5. The maximum absolute atomic E-state index is 13.0. The minimum absolute atomic E-state index is 0.416. The smallest absolute Gasteiger partial charge is 0.412 e. The van der Waals surface area contributed by atoms with E-state index in [0.29, 0.717) is 35.4 Å². The molecule has 1 unspecified atom stereocenters. The number of furan rings is 1. The largest absolute Gasteiger partial charge is 0.441 e. The Hall–Kier alpha value is -5.11. The molecule has 1 aliphatic rings. The van der Waals surface area contributed by atoms with E-state index in [9.17, 15) is 14.5 Å². The Bertz CT molecular complexity index is 1760. The fraction of sp³-hybridized carbons (Fsp3) is 0.182. The number of nitrogens with zero attached hydrogens (tertiary/aromatic N) is 2. The molecule has 5 aromatic rings. The molecule has 0 radical (unpaired) electrons. The summed E-state index contributed by atoms with van der Waals surface area (Å²) in [5.41, 5.74) is 5.33. The zero-order valence-corrected chi connectivity index (χ0v) is 22.6. The first kappa shape index (κ1) is 26.1. The highest BCUT2D eigenvalue weighted by Crippen LogP contribution is 2.49. The Balaban J connectivity index is 1.27. The van der Waals surface area contributed by atoms with E-state index < -0.39 is 23.5 Å². The average molecular weight is 546 g/mol. The van der Waals surface area contributed by atoms with Gasteiger partial charge in [-0.25, -0.2) is 9.78 Å².